The van der Waals surface area contributed by atoms with Crippen molar-refractivity contribution in [3.63, 3.8) is 0 Å². The average molecular weight is 362 g/mol. The number of carboxylic acids is 1. The van der Waals surface area contributed by atoms with Crippen LogP contribution in [0.4, 0.5) is 10.5 Å². The predicted molar refractivity (Wildman–Crippen MR) is 93.4 cm³/mol. The third-order valence-corrected chi connectivity index (χ3v) is 5.99. The molecule has 3 rings (SSSR count). The van der Waals surface area contributed by atoms with Crippen molar-refractivity contribution in [3.05, 3.63) is 29.8 Å². The van der Waals surface area contributed by atoms with E-state index in [-0.39, 0.29) is 29.6 Å². The summed E-state index contributed by atoms with van der Waals surface area (Å²) >= 11 is 1.87. The van der Waals surface area contributed by atoms with Gasteiger partial charge in [-0.3, -0.25) is 4.79 Å². The number of fused-ring (bicyclic) bond motifs is 1. The van der Waals surface area contributed by atoms with E-state index in [0.717, 1.165) is 25.0 Å². The summed E-state index contributed by atoms with van der Waals surface area (Å²) in [6.45, 7) is 0. The number of amides is 3. The summed E-state index contributed by atoms with van der Waals surface area (Å²) in [6.07, 6.45) is 3.09. The van der Waals surface area contributed by atoms with Gasteiger partial charge < -0.3 is 25.9 Å². The zero-order chi connectivity index (χ0) is 17.8. The first kappa shape index (κ1) is 17.6. The molecule has 2 aliphatic heterocycles. The van der Waals surface area contributed by atoms with Crippen molar-refractivity contribution in [3.8, 4) is 0 Å². The van der Waals surface area contributed by atoms with E-state index in [9.17, 15) is 19.5 Å². The molecule has 8 heteroatoms. The molecule has 0 aliphatic carbocycles. The van der Waals surface area contributed by atoms with Crippen molar-refractivity contribution < 1.29 is 19.5 Å². The second-order valence-corrected chi connectivity index (χ2v) is 7.55. The summed E-state index contributed by atoms with van der Waals surface area (Å²) in [5.74, 6) is -0.385. The number of thioether (sulfide) groups is 1. The molecule has 3 amide bonds. The van der Waals surface area contributed by atoms with E-state index in [2.05, 4.69) is 16.0 Å². The maximum absolute atomic E-state index is 11.9. The Morgan fingerprint density at radius 2 is 1.96 bits per heavy atom. The minimum Gasteiger partial charge on any atom is -0.545 e. The lowest BCUT2D eigenvalue weighted by Gasteiger charge is -2.16. The Bertz CT molecular complexity index is 664. The molecule has 1 aromatic carbocycles. The van der Waals surface area contributed by atoms with Crippen LogP contribution in [0.1, 0.15) is 36.0 Å². The molecule has 0 aromatic heterocycles. The molecule has 0 saturated carbocycles. The van der Waals surface area contributed by atoms with E-state index >= 15 is 0 Å². The highest BCUT2D eigenvalue weighted by Crippen LogP contribution is 2.33. The van der Waals surface area contributed by atoms with Crippen molar-refractivity contribution in [2.75, 3.05) is 11.1 Å². The Labute approximate surface area is 149 Å². The topological polar surface area (TPSA) is 110 Å². The second kappa shape index (κ2) is 7.77. The average Bonchev–Trinajstić information content (AvgIpc) is 3.11. The number of hydrogen-bond donors (Lipinski definition) is 3. The number of urea groups is 1. The summed E-state index contributed by atoms with van der Waals surface area (Å²) in [7, 11) is 0. The number of carbonyl (C=O) groups excluding carboxylic acids is 3. The molecule has 7 nitrogen and oxygen atoms in total. The van der Waals surface area contributed by atoms with Gasteiger partial charge in [-0.1, -0.05) is 18.6 Å². The van der Waals surface area contributed by atoms with E-state index in [4.69, 9.17) is 0 Å². The van der Waals surface area contributed by atoms with Gasteiger partial charge in [0.25, 0.3) is 0 Å². The van der Waals surface area contributed by atoms with E-state index in [0.29, 0.717) is 17.4 Å². The van der Waals surface area contributed by atoms with Gasteiger partial charge in [0.1, 0.15) is 0 Å². The van der Waals surface area contributed by atoms with E-state index < -0.39 is 5.97 Å². The van der Waals surface area contributed by atoms with Gasteiger partial charge in [-0.2, -0.15) is 11.8 Å². The van der Waals surface area contributed by atoms with Crippen molar-refractivity contribution in [1.82, 2.24) is 10.6 Å². The van der Waals surface area contributed by atoms with Crippen LogP contribution in [0.5, 0.6) is 0 Å². The third kappa shape index (κ3) is 4.45. The van der Waals surface area contributed by atoms with Crippen molar-refractivity contribution in [1.29, 1.82) is 0 Å². The summed E-state index contributed by atoms with van der Waals surface area (Å²) < 4.78 is 0. The van der Waals surface area contributed by atoms with Crippen LogP contribution in [0.3, 0.4) is 0 Å². The zero-order valence-electron chi connectivity index (χ0n) is 13.6. The molecule has 2 heterocycles. The molecule has 0 bridgehead atoms. The standard InChI is InChI=1S/C17H21N3O4S/c21-14(18-11-7-5-10(6-8-11)16(22)23)4-2-1-3-13-15-12(9-25-13)19-17(24)20-15/h5-8,12-13,15H,1-4,9H2,(H,18,21)(H,22,23)(H2,19,20,24)/p-1/t12-,13+,15+/m1/s1. The second-order valence-electron chi connectivity index (χ2n) is 6.28. The van der Waals surface area contributed by atoms with Crippen LogP contribution in [0, 0.1) is 0 Å². The quantitative estimate of drug-likeness (QED) is 0.489. The van der Waals surface area contributed by atoms with Gasteiger partial charge in [0.2, 0.25) is 5.91 Å². The molecule has 0 radical (unpaired) electrons. The molecule has 2 saturated heterocycles. The molecule has 3 N–H and O–H groups in total. The van der Waals surface area contributed by atoms with E-state index in [1.54, 1.807) is 12.1 Å². The number of benzene rings is 1. The molecule has 0 spiro atoms. The summed E-state index contributed by atoms with van der Waals surface area (Å²) in [5, 5.41) is 19.7. The lowest BCUT2D eigenvalue weighted by molar-refractivity contribution is -0.255. The van der Waals surface area contributed by atoms with Crippen molar-refractivity contribution in [2.24, 2.45) is 0 Å². The Morgan fingerprint density at radius 1 is 1.20 bits per heavy atom. The molecule has 0 unspecified atom stereocenters. The molecule has 134 valence electrons. The van der Waals surface area contributed by atoms with Crippen LogP contribution >= 0.6 is 11.8 Å². The summed E-state index contributed by atoms with van der Waals surface area (Å²) in [6, 6.07) is 6.26. The van der Waals surface area contributed by atoms with E-state index in [1.807, 2.05) is 11.8 Å². The van der Waals surface area contributed by atoms with Crippen LogP contribution in [-0.2, 0) is 4.79 Å². The van der Waals surface area contributed by atoms with Gasteiger partial charge in [-0.25, -0.2) is 4.79 Å². The van der Waals surface area contributed by atoms with Crippen LogP contribution in [0.25, 0.3) is 0 Å². The fourth-order valence-corrected chi connectivity index (χ4v) is 4.73. The number of hydrogen-bond acceptors (Lipinski definition) is 5. The Hall–Kier alpha value is -2.22. The zero-order valence-corrected chi connectivity index (χ0v) is 14.4. The predicted octanol–water partition coefficient (Wildman–Crippen LogP) is 0.714. The Balaban J connectivity index is 1.35. The van der Waals surface area contributed by atoms with Gasteiger partial charge in [-0.05, 0) is 30.5 Å². The number of rotatable bonds is 7. The van der Waals surface area contributed by atoms with E-state index in [1.165, 1.54) is 12.1 Å². The number of carboxylic acid groups (broad SMARTS) is 1. The monoisotopic (exact) mass is 362 g/mol. The molecule has 2 fully saturated rings. The smallest absolute Gasteiger partial charge is 0.315 e. The lowest BCUT2D eigenvalue weighted by Crippen LogP contribution is -2.36. The minimum absolute atomic E-state index is 0.0793. The summed E-state index contributed by atoms with van der Waals surface area (Å²) in [4.78, 5) is 34.0. The fraction of sp³-hybridized carbons (Fsp3) is 0.471. The highest BCUT2D eigenvalue weighted by Gasteiger charge is 2.42. The molecule has 2 aliphatic rings. The Morgan fingerprint density at radius 3 is 2.68 bits per heavy atom. The molecule has 25 heavy (non-hydrogen) atoms. The van der Waals surface area contributed by atoms with Crippen LogP contribution in [0.15, 0.2) is 24.3 Å². The summed E-state index contributed by atoms with van der Waals surface area (Å²) in [5.41, 5.74) is 0.655. The highest BCUT2D eigenvalue weighted by atomic mass is 32.2. The molecular formula is C17H20N3O4S-. The number of nitrogens with one attached hydrogen (secondary N) is 3. The van der Waals surface area contributed by atoms with Crippen LogP contribution in [-0.4, -0.2) is 41.0 Å². The largest absolute Gasteiger partial charge is 0.545 e. The van der Waals surface area contributed by atoms with Gasteiger partial charge in [0.15, 0.2) is 0 Å². The first-order valence-electron chi connectivity index (χ1n) is 8.33. The SMILES string of the molecule is O=C(CCCC[C@@H]1SC[C@H]2NC(=O)N[C@H]12)Nc1ccc(C(=O)[O-])cc1. The van der Waals surface area contributed by atoms with Gasteiger partial charge >= 0.3 is 6.03 Å². The lowest BCUT2D eigenvalue weighted by atomic mass is 10.0. The van der Waals surface area contributed by atoms with Gasteiger partial charge in [0, 0.05) is 23.1 Å². The van der Waals surface area contributed by atoms with Crippen LogP contribution in [0.2, 0.25) is 0 Å². The first-order chi connectivity index (χ1) is 12.0. The number of anilines is 1. The molecule has 3 atom stereocenters. The number of unbranched alkanes of at least 4 members (excludes halogenated alkanes) is 1. The van der Waals surface area contributed by atoms with Crippen LogP contribution < -0.4 is 21.1 Å². The fourth-order valence-electron chi connectivity index (χ4n) is 3.19. The Kier molecular flexibility index (Phi) is 5.47. The third-order valence-electron chi connectivity index (χ3n) is 4.48. The molecular weight excluding hydrogens is 342 g/mol. The highest BCUT2D eigenvalue weighted by molar-refractivity contribution is 8.00. The maximum Gasteiger partial charge on any atom is 0.315 e. The van der Waals surface area contributed by atoms with Crippen molar-refractivity contribution in [2.45, 2.75) is 43.0 Å². The minimum atomic E-state index is -1.24. The number of aromatic carboxylic acids is 1. The van der Waals surface area contributed by atoms with Gasteiger partial charge in [-0.15, -0.1) is 0 Å². The van der Waals surface area contributed by atoms with Crippen molar-refractivity contribution >= 4 is 35.4 Å². The number of carbonyl (C=O) groups is 3. The molecule has 1 aromatic rings. The maximum atomic E-state index is 11.9. The van der Waals surface area contributed by atoms with Gasteiger partial charge in [0.05, 0.1) is 18.1 Å². The normalized spacial score (nSPS) is 24.3. The first-order valence-corrected chi connectivity index (χ1v) is 9.38.